The molecule has 1 aromatic rings. The van der Waals surface area contributed by atoms with Crippen molar-refractivity contribution in [3.05, 3.63) is 11.7 Å². The van der Waals surface area contributed by atoms with Crippen molar-refractivity contribution in [2.45, 2.75) is 71.9 Å². The van der Waals surface area contributed by atoms with Crippen molar-refractivity contribution in [1.29, 1.82) is 0 Å². The molecule has 0 bridgehead atoms. The maximum absolute atomic E-state index is 5.47. The van der Waals surface area contributed by atoms with Crippen LogP contribution in [0.15, 0.2) is 9.52 Å². The molecule has 1 saturated carbocycles. The predicted molar refractivity (Wildman–Crippen MR) is 98.3 cm³/mol. The molecule has 1 aliphatic rings. The van der Waals surface area contributed by atoms with Crippen molar-refractivity contribution in [2.24, 2.45) is 10.9 Å². The largest absolute Gasteiger partial charge is 0.371 e. The van der Waals surface area contributed by atoms with Gasteiger partial charge in [0.05, 0.1) is 0 Å². The van der Waals surface area contributed by atoms with Gasteiger partial charge in [0.15, 0.2) is 11.8 Å². The molecule has 1 fully saturated rings. The summed E-state index contributed by atoms with van der Waals surface area (Å²) in [5, 5.41) is 10.6. The fourth-order valence-electron chi connectivity index (χ4n) is 3.21. The van der Waals surface area contributed by atoms with E-state index in [1.165, 1.54) is 38.5 Å². The molecule has 1 aromatic heterocycles. The molecule has 0 radical (unpaired) electrons. The minimum atomic E-state index is -0.159. The molecule has 2 N–H and O–H groups in total. The van der Waals surface area contributed by atoms with Gasteiger partial charge in [-0.3, -0.25) is 0 Å². The van der Waals surface area contributed by atoms with Crippen molar-refractivity contribution < 1.29 is 9.26 Å². The van der Waals surface area contributed by atoms with E-state index in [2.05, 4.69) is 32.7 Å². The van der Waals surface area contributed by atoms with Gasteiger partial charge in [-0.05, 0) is 39.5 Å². The fraction of sp³-hybridized carbons (Fsp3) is 0.833. The van der Waals surface area contributed by atoms with Crippen molar-refractivity contribution in [1.82, 2.24) is 20.8 Å². The van der Waals surface area contributed by atoms with Crippen molar-refractivity contribution in [3.8, 4) is 0 Å². The van der Waals surface area contributed by atoms with Gasteiger partial charge in [0.2, 0.25) is 5.89 Å². The quantitative estimate of drug-likeness (QED) is 0.382. The Bertz CT molecular complexity index is 511. The number of hydrogen-bond donors (Lipinski definition) is 2. The van der Waals surface area contributed by atoms with Crippen LogP contribution in [-0.2, 0) is 11.3 Å². The maximum atomic E-state index is 5.47. The zero-order valence-electron chi connectivity index (χ0n) is 15.9. The maximum Gasteiger partial charge on any atom is 0.248 e. The first-order chi connectivity index (χ1) is 12.2. The van der Waals surface area contributed by atoms with E-state index in [1.54, 1.807) is 0 Å². The van der Waals surface area contributed by atoms with Crippen LogP contribution in [0.5, 0.6) is 0 Å². The lowest BCUT2D eigenvalue weighted by Crippen LogP contribution is -2.37. The van der Waals surface area contributed by atoms with E-state index in [0.717, 1.165) is 25.0 Å². The normalized spacial score (nSPS) is 17.0. The molecule has 7 nitrogen and oxygen atoms in total. The number of nitrogens with zero attached hydrogens (tertiary/aromatic N) is 3. The Morgan fingerprint density at radius 1 is 1.32 bits per heavy atom. The van der Waals surface area contributed by atoms with Gasteiger partial charge in [-0.15, -0.1) is 0 Å². The van der Waals surface area contributed by atoms with Crippen LogP contribution in [0.25, 0.3) is 0 Å². The summed E-state index contributed by atoms with van der Waals surface area (Å²) in [5.74, 6) is 2.81. The number of guanidine groups is 1. The van der Waals surface area contributed by atoms with Gasteiger partial charge in [-0.1, -0.05) is 30.8 Å². The second-order valence-corrected chi connectivity index (χ2v) is 6.56. The minimum Gasteiger partial charge on any atom is -0.371 e. The first-order valence-electron chi connectivity index (χ1n) is 9.69. The third-order valence-corrected chi connectivity index (χ3v) is 4.54. The molecule has 0 spiro atoms. The van der Waals surface area contributed by atoms with Gasteiger partial charge in [0.25, 0.3) is 0 Å². The van der Waals surface area contributed by atoms with E-state index < -0.39 is 0 Å². The Balaban J connectivity index is 1.76. The highest BCUT2D eigenvalue weighted by Gasteiger charge is 2.15. The van der Waals surface area contributed by atoms with Crippen LogP contribution < -0.4 is 10.6 Å². The van der Waals surface area contributed by atoms with Gasteiger partial charge < -0.3 is 19.9 Å². The number of rotatable bonds is 10. The molecule has 1 atom stereocenters. The molecule has 0 aromatic carbocycles. The molecule has 1 aliphatic carbocycles. The third kappa shape index (κ3) is 7.02. The summed E-state index contributed by atoms with van der Waals surface area (Å²) in [6.45, 7) is 8.68. The molecule has 7 heteroatoms. The fourth-order valence-corrected chi connectivity index (χ4v) is 3.21. The van der Waals surface area contributed by atoms with E-state index in [1.807, 2.05) is 13.8 Å². The Morgan fingerprint density at radius 2 is 2.12 bits per heavy atom. The molecule has 1 unspecified atom stereocenters. The number of hydrogen-bond acceptors (Lipinski definition) is 5. The summed E-state index contributed by atoms with van der Waals surface area (Å²) in [4.78, 5) is 8.87. The van der Waals surface area contributed by atoms with E-state index in [-0.39, 0.29) is 6.10 Å². The Hall–Kier alpha value is -1.63. The lowest BCUT2D eigenvalue weighted by atomic mass is 10.0. The van der Waals surface area contributed by atoms with Crippen LogP contribution in [0.1, 0.15) is 77.1 Å². The van der Waals surface area contributed by atoms with Crippen molar-refractivity contribution in [2.75, 3.05) is 19.7 Å². The van der Waals surface area contributed by atoms with Crippen LogP contribution in [0.4, 0.5) is 0 Å². The Morgan fingerprint density at radius 3 is 2.84 bits per heavy atom. The van der Waals surface area contributed by atoms with Gasteiger partial charge in [-0.2, -0.15) is 4.98 Å². The van der Waals surface area contributed by atoms with Crippen LogP contribution >= 0.6 is 0 Å². The lowest BCUT2D eigenvalue weighted by Gasteiger charge is -2.12. The zero-order chi connectivity index (χ0) is 17.9. The van der Waals surface area contributed by atoms with Crippen LogP contribution in [0.2, 0.25) is 0 Å². The highest BCUT2D eigenvalue weighted by molar-refractivity contribution is 5.79. The minimum absolute atomic E-state index is 0.159. The molecule has 142 valence electrons. The summed E-state index contributed by atoms with van der Waals surface area (Å²) in [7, 11) is 0. The van der Waals surface area contributed by atoms with E-state index in [0.29, 0.717) is 24.9 Å². The molecular formula is C18H33N5O2. The number of ether oxygens (including phenoxy) is 1. The highest BCUT2D eigenvalue weighted by Crippen LogP contribution is 2.28. The Labute approximate surface area is 151 Å². The molecular weight excluding hydrogens is 318 g/mol. The van der Waals surface area contributed by atoms with Gasteiger partial charge in [0, 0.05) is 19.7 Å². The van der Waals surface area contributed by atoms with Crippen molar-refractivity contribution in [3.63, 3.8) is 0 Å². The van der Waals surface area contributed by atoms with E-state index >= 15 is 0 Å². The highest BCUT2D eigenvalue weighted by atomic mass is 16.5. The van der Waals surface area contributed by atoms with Crippen molar-refractivity contribution >= 4 is 5.96 Å². The molecule has 1 heterocycles. The molecule has 0 saturated heterocycles. The Kier molecular flexibility index (Phi) is 8.72. The average molecular weight is 351 g/mol. The predicted octanol–water partition coefficient (Wildman–Crippen LogP) is 3.19. The molecule has 0 amide bonds. The van der Waals surface area contributed by atoms with Gasteiger partial charge >= 0.3 is 0 Å². The van der Waals surface area contributed by atoms with Crippen LogP contribution in [0, 0.1) is 5.92 Å². The first kappa shape index (κ1) is 19.7. The standard InChI is InChI=1S/C18H33N5O2/c1-4-19-18(20-12-8-11-15-9-6-7-10-15)21-13-16-22-17(23-25-16)14(3)24-5-2/h14-15H,4-13H2,1-3H3,(H2,19,20,21). The summed E-state index contributed by atoms with van der Waals surface area (Å²) >= 11 is 0. The summed E-state index contributed by atoms with van der Waals surface area (Å²) in [5.41, 5.74) is 0. The first-order valence-corrected chi connectivity index (χ1v) is 9.69. The van der Waals surface area contributed by atoms with Crippen LogP contribution in [0.3, 0.4) is 0 Å². The molecule has 2 rings (SSSR count). The van der Waals surface area contributed by atoms with E-state index in [9.17, 15) is 0 Å². The van der Waals surface area contributed by atoms with Crippen LogP contribution in [-0.4, -0.2) is 35.8 Å². The monoisotopic (exact) mass is 351 g/mol. The van der Waals surface area contributed by atoms with Gasteiger partial charge in [0.1, 0.15) is 12.6 Å². The van der Waals surface area contributed by atoms with Gasteiger partial charge in [-0.25, -0.2) is 4.99 Å². The smallest absolute Gasteiger partial charge is 0.248 e. The summed E-state index contributed by atoms with van der Waals surface area (Å²) < 4.78 is 10.7. The average Bonchev–Trinajstić information content (AvgIpc) is 3.28. The second-order valence-electron chi connectivity index (χ2n) is 6.56. The van der Waals surface area contributed by atoms with E-state index in [4.69, 9.17) is 9.26 Å². The number of nitrogens with one attached hydrogen (secondary N) is 2. The zero-order valence-corrected chi connectivity index (χ0v) is 15.9. The lowest BCUT2D eigenvalue weighted by molar-refractivity contribution is 0.0683. The second kappa shape index (κ2) is 11.1. The molecule has 25 heavy (non-hydrogen) atoms. The summed E-state index contributed by atoms with van der Waals surface area (Å²) in [6.07, 6.45) is 7.99. The summed E-state index contributed by atoms with van der Waals surface area (Å²) in [6, 6.07) is 0. The number of aromatic nitrogens is 2. The third-order valence-electron chi connectivity index (χ3n) is 4.54. The number of aliphatic imine (C=N–C) groups is 1. The topological polar surface area (TPSA) is 84.6 Å². The SMILES string of the molecule is CCNC(=NCc1nc(C(C)OCC)no1)NCCCC1CCCC1. The molecule has 0 aliphatic heterocycles.